The van der Waals surface area contributed by atoms with Gasteiger partial charge in [0.05, 0.1) is 13.2 Å². The molecule has 0 saturated carbocycles. The molecule has 160 valence electrons. The summed E-state index contributed by atoms with van der Waals surface area (Å²) in [7, 11) is 0. The summed E-state index contributed by atoms with van der Waals surface area (Å²) in [6.45, 7) is 11.6. The minimum atomic E-state index is -0.0459. The van der Waals surface area contributed by atoms with Gasteiger partial charge in [-0.1, -0.05) is 30.3 Å². The summed E-state index contributed by atoms with van der Waals surface area (Å²) >= 11 is 0. The first-order valence-electron chi connectivity index (χ1n) is 10.2. The molecule has 0 spiro atoms. The Kier molecular flexibility index (Phi) is 12.7. The van der Waals surface area contributed by atoms with Crippen LogP contribution < -0.4 is 16.0 Å². The highest BCUT2D eigenvalue weighted by molar-refractivity contribution is 14.0. The lowest BCUT2D eigenvalue weighted by atomic mass is 9.88. The summed E-state index contributed by atoms with van der Waals surface area (Å²) in [6.07, 6.45) is 1.93. The molecule has 0 aliphatic carbocycles. The number of rotatable bonds is 10. The number of hydrogen-bond acceptors (Lipinski definition) is 4. The van der Waals surface area contributed by atoms with Crippen molar-refractivity contribution in [3.05, 3.63) is 35.9 Å². The second-order valence-electron chi connectivity index (χ2n) is 6.99. The SMILES string of the molecule is CCNC(=NCC1(NC(C)c2ccccc2)CCOCC1)NCCOCC.I. The van der Waals surface area contributed by atoms with Crippen LogP contribution in [-0.4, -0.2) is 57.6 Å². The fourth-order valence-corrected chi connectivity index (χ4v) is 3.35. The largest absolute Gasteiger partial charge is 0.381 e. The van der Waals surface area contributed by atoms with Crippen LogP contribution in [0, 0.1) is 0 Å². The fraction of sp³-hybridized carbons (Fsp3) is 0.667. The predicted octanol–water partition coefficient (Wildman–Crippen LogP) is 3.10. The first-order valence-corrected chi connectivity index (χ1v) is 10.2. The minimum absolute atomic E-state index is 0. The molecule has 1 aliphatic rings. The number of benzene rings is 1. The molecule has 1 aliphatic heterocycles. The molecule has 0 aromatic heterocycles. The van der Waals surface area contributed by atoms with Crippen molar-refractivity contribution in [1.82, 2.24) is 16.0 Å². The minimum Gasteiger partial charge on any atom is -0.381 e. The third-order valence-electron chi connectivity index (χ3n) is 4.90. The third-order valence-corrected chi connectivity index (χ3v) is 4.90. The molecule has 0 radical (unpaired) electrons. The molecule has 1 aromatic carbocycles. The van der Waals surface area contributed by atoms with Crippen LogP contribution >= 0.6 is 24.0 Å². The Hall–Kier alpha value is -0.900. The van der Waals surface area contributed by atoms with Gasteiger partial charge < -0.3 is 25.4 Å². The van der Waals surface area contributed by atoms with Crippen LogP contribution in [0.25, 0.3) is 0 Å². The highest BCUT2D eigenvalue weighted by atomic mass is 127. The first-order chi connectivity index (χ1) is 13.2. The molecular formula is C21H37IN4O2. The lowest BCUT2D eigenvalue weighted by Crippen LogP contribution is -2.53. The monoisotopic (exact) mass is 504 g/mol. The Balaban J connectivity index is 0.00000392. The van der Waals surface area contributed by atoms with Crippen LogP contribution in [0.5, 0.6) is 0 Å². The number of guanidine groups is 1. The van der Waals surface area contributed by atoms with E-state index in [4.69, 9.17) is 14.5 Å². The summed E-state index contributed by atoms with van der Waals surface area (Å²) in [5.41, 5.74) is 1.25. The van der Waals surface area contributed by atoms with Crippen molar-refractivity contribution in [3.8, 4) is 0 Å². The summed E-state index contributed by atoms with van der Waals surface area (Å²) in [4.78, 5) is 4.87. The zero-order chi connectivity index (χ0) is 19.4. The van der Waals surface area contributed by atoms with E-state index in [0.717, 1.165) is 58.3 Å². The lowest BCUT2D eigenvalue weighted by Gasteiger charge is -2.39. The number of aliphatic imine (C=N–C) groups is 1. The molecule has 1 fully saturated rings. The maximum absolute atomic E-state index is 5.62. The van der Waals surface area contributed by atoms with Crippen LogP contribution in [0.2, 0.25) is 0 Å². The lowest BCUT2D eigenvalue weighted by molar-refractivity contribution is 0.0374. The third kappa shape index (κ3) is 8.63. The second kappa shape index (κ2) is 14.1. The first kappa shape index (κ1) is 25.1. The van der Waals surface area contributed by atoms with E-state index in [-0.39, 0.29) is 35.6 Å². The molecule has 1 atom stereocenters. The van der Waals surface area contributed by atoms with Crippen LogP contribution in [0.15, 0.2) is 35.3 Å². The Morgan fingerprint density at radius 1 is 1.18 bits per heavy atom. The van der Waals surface area contributed by atoms with Gasteiger partial charge in [0.2, 0.25) is 0 Å². The Bertz CT molecular complexity index is 551. The van der Waals surface area contributed by atoms with Gasteiger partial charge in [0.15, 0.2) is 5.96 Å². The second-order valence-corrected chi connectivity index (χ2v) is 6.99. The van der Waals surface area contributed by atoms with E-state index >= 15 is 0 Å². The standard InChI is InChI=1S/C21H36N4O2.HI/c1-4-22-20(23-13-16-26-5-2)24-17-21(11-14-27-15-12-21)25-18(3)19-9-7-6-8-10-19;/h6-10,18,25H,4-5,11-17H2,1-3H3,(H2,22,23,24);1H. The molecule has 3 N–H and O–H groups in total. The summed E-state index contributed by atoms with van der Waals surface area (Å²) in [5, 5.41) is 10.5. The summed E-state index contributed by atoms with van der Waals surface area (Å²) < 4.78 is 11.0. The van der Waals surface area contributed by atoms with Crippen LogP contribution in [0.3, 0.4) is 0 Å². The van der Waals surface area contributed by atoms with Crippen molar-refractivity contribution >= 4 is 29.9 Å². The molecule has 0 bridgehead atoms. The molecule has 1 heterocycles. The van der Waals surface area contributed by atoms with Crippen molar-refractivity contribution < 1.29 is 9.47 Å². The summed E-state index contributed by atoms with van der Waals surface area (Å²) in [5.74, 6) is 0.845. The Morgan fingerprint density at radius 3 is 2.54 bits per heavy atom. The van der Waals surface area contributed by atoms with Crippen molar-refractivity contribution in [2.45, 2.75) is 45.2 Å². The molecule has 28 heavy (non-hydrogen) atoms. The molecule has 1 saturated heterocycles. The highest BCUT2D eigenvalue weighted by Crippen LogP contribution is 2.25. The predicted molar refractivity (Wildman–Crippen MR) is 127 cm³/mol. The van der Waals surface area contributed by atoms with Gasteiger partial charge >= 0.3 is 0 Å². The molecular weight excluding hydrogens is 467 g/mol. The van der Waals surface area contributed by atoms with E-state index < -0.39 is 0 Å². The van der Waals surface area contributed by atoms with E-state index in [1.165, 1.54) is 5.56 Å². The number of nitrogens with one attached hydrogen (secondary N) is 3. The van der Waals surface area contributed by atoms with Crippen LogP contribution in [-0.2, 0) is 9.47 Å². The topological polar surface area (TPSA) is 66.9 Å². The quantitative estimate of drug-likeness (QED) is 0.198. The highest BCUT2D eigenvalue weighted by Gasteiger charge is 2.33. The molecule has 6 nitrogen and oxygen atoms in total. The molecule has 7 heteroatoms. The number of halogens is 1. The van der Waals surface area contributed by atoms with Gasteiger partial charge in [-0.3, -0.25) is 4.99 Å². The van der Waals surface area contributed by atoms with Gasteiger partial charge in [-0.2, -0.15) is 0 Å². The van der Waals surface area contributed by atoms with E-state index in [9.17, 15) is 0 Å². The average molecular weight is 504 g/mol. The average Bonchev–Trinajstić information content (AvgIpc) is 2.70. The van der Waals surface area contributed by atoms with E-state index in [2.05, 4.69) is 60.1 Å². The normalized spacial score (nSPS) is 17.5. The van der Waals surface area contributed by atoms with Gasteiger partial charge in [-0.15, -0.1) is 24.0 Å². The zero-order valence-electron chi connectivity index (χ0n) is 17.5. The van der Waals surface area contributed by atoms with Crippen molar-refractivity contribution in [1.29, 1.82) is 0 Å². The molecule has 0 amide bonds. The smallest absolute Gasteiger partial charge is 0.191 e. The van der Waals surface area contributed by atoms with Crippen molar-refractivity contribution in [2.75, 3.05) is 46.1 Å². The zero-order valence-corrected chi connectivity index (χ0v) is 19.8. The Morgan fingerprint density at radius 2 is 1.89 bits per heavy atom. The van der Waals surface area contributed by atoms with Crippen LogP contribution in [0.4, 0.5) is 0 Å². The van der Waals surface area contributed by atoms with E-state index in [1.54, 1.807) is 0 Å². The van der Waals surface area contributed by atoms with Gasteiger partial charge in [0.1, 0.15) is 0 Å². The molecule has 2 rings (SSSR count). The van der Waals surface area contributed by atoms with Gasteiger partial charge in [0, 0.05) is 44.5 Å². The van der Waals surface area contributed by atoms with Crippen LogP contribution in [0.1, 0.15) is 45.2 Å². The van der Waals surface area contributed by atoms with Crippen molar-refractivity contribution in [3.63, 3.8) is 0 Å². The number of nitrogens with zero attached hydrogens (tertiary/aromatic N) is 1. The number of ether oxygens (including phenoxy) is 2. The van der Waals surface area contributed by atoms with Gasteiger partial charge in [-0.25, -0.2) is 0 Å². The number of hydrogen-bond donors (Lipinski definition) is 3. The van der Waals surface area contributed by atoms with Crippen molar-refractivity contribution in [2.24, 2.45) is 4.99 Å². The van der Waals surface area contributed by atoms with E-state index in [1.807, 2.05) is 6.92 Å². The maximum Gasteiger partial charge on any atom is 0.191 e. The maximum atomic E-state index is 5.62. The summed E-state index contributed by atoms with van der Waals surface area (Å²) in [6, 6.07) is 10.9. The van der Waals surface area contributed by atoms with E-state index in [0.29, 0.717) is 6.61 Å². The van der Waals surface area contributed by atoms with Gasteiger partial charge in [-0.05, 0) is 39.2 Å². The van der Waals surface area contributed by atoms with Gasteiger partial charge in [0.25, 0.3) is 0 Å². The fourth-order valence-electron chi connectivity index (χ4n) is 3.35. The Labute approximate surface area is 187 Å². The molecule has 1 aromatic rings. The molecule has 1 unspecified atom stereocenters.